The zero-order chi connectivity index (χ0) is 16.4. The highest BCUT2D eigenvalue weighted by atomic mass is 32.1. The van der Waals surface area contributed by atoms with Crippen molar-refractivity contribution in [2.75, 3.05) is 0 Å². The van der Waals surface area contributed by atoms with Crippen LogP contribution >= 0.6 is 11.3 Å². The Hall–Kier alpha value is -2.41. The smallest absolute Gasteiger partial charge is 0.272 e. The van der Waals surface area contributed by atoms with Gasteiger partial charge in [-0.3, -0.25) is 14.2 Å². The molecule has 120 valence electrons. The predicted molar refractivity (Wildman–Crippen MR) is 90.3 cm³/mol. The van der Waals surface area contributed by atoms with Gasteiger partial charge >= 0.3 is 0 Å². The lowest BCUT2D eigenvalue weighted by Gasteiger charge is -2.04. The van der Waals surface area contributed by atoms with Gasteiger partial charge in [0.15, 0.2) is 5.69 Å². The van der Waals surface area contributed by atoms with Crippen LogP contribution in [0, 0.1) is 6.92 Å². The van der Waals surface area contributed by atoms with E-state index in [9.17, 15) is 4.79 Å². The van der Waals surface area contributed by atoms with Crippen LogP contribution in [0.15, 0.2) is 29.8 Å². The molecule has 0 aliphatic carbocycles. The number of nitrogens with zero attached hydrogens (tertiary/aromatic N) is 4. The molecule has 0 aliphatic heterocycles. The van der Waals surface area contributed by atoms with E-state index in [-0.39, 0.29) is 5.91 Å². The third-order valence-corrected chi connectivity index (χ3v) is 4.72. The van der Waals surface area contributed by atoms with Crippen LogP contribution < -0.4 is 5.32 Å². The molecule has 0 bridgehead atoms. The minimum Gasteiger partial charge on any atom is -0.346 e. The molecule has 6 nitrogen and oxygen atoms in total. The largest absolute Gasteiger partial charge is 0.346 e. The van der Waals surface area contributed by atoms with Gasteiger partial charge < -0.3 is 5.32 Å². The molecular formula is C16H19N5OS. The number of thiophene rings is 1. The fourth-order valence-electron chi connectivity index (χ4n) is 2.48. The summed E-state index contributed by atoms with van der Waals surface area (Å²) in [5, 5.41) is 13.5. The number of aryl methyl sites for hydroxylation is 2. The second-order valence-corrected chi connectivity index (χ2v) is 6.22. The fraction of sp³-hybridized carbons (Fsp3) is 0.312. The SMILES string of the molecule is CCn1ncc(CNC(=O)c2cc(-c3cccs3)n(C)n2)c1C. The van der Waals surface area contributed by atoms with Crippen LogP contribution in [0.3, 0.4) is 0 Å². The Balaban J connectivity index is 1.71. The van der Waals surface area contributed by atoms with E-state index in [4.69, 9.17) is 0 Å². The van der Waals surface area contributed by atoms with Crippen molar-refractivity contribution in [2.24, 2.45) is 7.05 Å². The number of carbonyl (C=O) groups excluding carboxylic acids is 1. The van der Waals surface area contributed by atoms with E-state index < -0.39 is 0 Å². The van der Waals surface area contributed by atoms with Crippen molar-refractivity contribution >= 4 is 17.2 Å². The van der Waals surface area contributed by atoms with Gasteiger partial charge in [0, 0.05) is 31.4 Å². The third kappa shape index (κ3) is 3.05. The first-order valence-electron chi connectivity index (χ1n) is 7.47. The number of hydrogen-bond acceptors (Lipinski definition) is 4. The van der Waals surface area contributed by atoms with Gasteiger partial charge in [-0.15, -0.1) is 11.3 Å². The van der Waals surface area contributed by atoms with E-state index in [1.807, 2.05) is 49.2 Å². The zero-order valence-electron chi connectivity index (χ0n) is 13.4. The van der Waals surface area contributed by atoms with E-state index in [1.165, 1.54) is 0 Å². The highest BCUT2D eigenvalue weighted by Crippen LogP contribution is 2.24. The van der Waals surface area contributed by atoms with Gasteiger partial charge in [-0.2, -0.15) is 10.2 Å². The molecule has 0 aromatic carbocycles. The molecule has 23 heavy (non-hydrogen) atoms. The second-order valence-electron chi connectivity index (χ2n) is 5.27. The summed E-state index contributed by atoms with van der Waals surface area (Å²) in [6.45, 7) is 5.33. The maximum atomic E-state index is 12.3. The molecule has 0 spiro atoms. The van der Waals surface area contributed by atoms with Crippen molar-refractivity contribution in [3.05, 3.63) is 46.7 Å². The molecule has 0 saturated carbocycles. The van der Waals surface area contributed by atoms with Crippen molar-refractivity contribution in [3.8, 4) is 10.6 Å². The summed E-state index contributed by atoms with van der Waals surface area (Å²) >= 11 is 1.63. The predicted octanol–water partition coefficient (Wildman–Crippen LogP) is 2.60. The first-order chi connectivity index (χ1) is 11.1. The van der Waals surface area contributed by atoms with Crippen LogP contribution in [0.5, 0.6) is 0 Å². The van der Waals surface area contributed by atoms with Gasteiger partial charge in [0.25, 0.3) is 5.91 Å². The van der Waals surface area contributed by atoms with Gasteiger partial charge in [-0.05, 0) is 31.4 Å². The molecular weight excluding hydrogens is 310 g/mol. The zero-order valence-corrected chi connectivity index (χ0v) is 14.2. The molecule has 0 saturated heterocycles. The molecule has 0 aliphatic rings. The Morgan fingerprint density at radius 3 is 2.91 bits per heavy atom. The highest BCUT2D eigenvalue weighted by molar-refractivity contribution is 7.13. The quantitative estimate of drug-likeness (QED) is 0.782. The third-order valence-electron chi connectivity index (χ3n) is 3.83. The van der Waals surface area contributed by atoms with E-state index >= 15 is 0 Å². The van der Waals surface area contributed by atoms with Gasteiger partial charge in [0.05, 0.1) is 16.8 Å². The minimum atomic E-state index is -0.174. The van der Waals surface area contributed by atoms with Gasteiger partial charge in [-0.1, -0.05) is 6.07 Å². The molecule has 3 aromatic heterocycles. The van der Waals surface area contributed by atoms with Crippen molar-refractivity contribution in [2.45, 2.75) is 26.9 Å². The summed E-state index contributed by atoms with van der Waals surface area (Å²) in [6, 6.07) is 5.83. The summed E-state index contributed by atoms with van der Waals surface area (Å²) < 4.78 is 3.65. The lowest BCUT2D eigenvalue weighted by molar-refractivity contribution is 0.0945. The van der Waals surface area contributed by atoms with Crippen LogP contribution in [-0.2, 0) is 20.1 Å². The molecule has 1 N–H and O–H groups in total. The maximum Gasteiger partial charge on any atom is 0.272 e. The van der Waals surface area contributed by atoms with E-state index in [0.717, 1.165) is 28.4 Å². The summed E-state index contributed by atoms with van der Waals surface area (Å²) in [5.74, 6) is -0.174. The molecule has 0 atom stereocenters. The summed E-state index contributed by atoms with van der Waals surface area (Å²) in [6.07, 6.45) is 1.80. The molecule has 0 radical (unpaired) electrons. The molecule has 1 amide bonds. The first kappa shape index (κ1) is 15.5. The fourth-order valence-corrected chi connectivity index (χ4v) is 3.25. The number of amides is 1. The maximum absolute atomic E-state index is 12.3. The normalized spacial score (nSPS) is 10.9. The summed E-state index contributed by atoms with van der Waals surface area (Å²) in [5.41, 5.74) is 3.47. The number of aromatic nitrogens is 4. The Kier molecular flexibility index (Phi) is 4.29. The molecule has 7 heteroatoms. The van der Waals surface area contributed by atoms with Crippen LogP contribution in [-0.4, -0.2) is 25.5 Å². The summed E-state index contributed by atoms with van der Waals surface area (Å²) in [4.78, 5) is 13.4. The van der Waals surface area contributed by atoms with Crippen molar-refractivity contribution < 1.29 is 4.79 Å². The molecule has 3 rings (SSSR count). The van der Waals surface area contributed by atoms with Gasteiger partial charge in [0.2, 0.25) is 0 Å². The Labute approximate surface area is 138 Å². The van der Waals surface area contributed by atoms with Crippen LogP contribution in [0.1, 0.15) is 28.7 Å². The average Bonchev–Trinajstić information content (AvgIpc) is 3.25. The molecule has 0 fully saturated rings. The number of hydrogen-bond donors (Lipinski definition) is 1. The first-order valence-corrected chi connectivity index (χ1v) is 8.35. The molecule has 0 unspecified atom stereocenters. The lowest BCUT2D eigenvalue weighted by Crippen LogP contribution is -2.23. The van der Waals surface area contributed by atoms with Crippen LogP contribution in [0.25, 0.3) is 10.6 Å². The van der Waals surface area contributed by atoms with E-state index in [0.29, 0.717) is 12.2 Å². The highest BCUT2D eigenvalue weighted by Gasteiger charge is 2.15. The van der Waals surface area contributed by atoms with E-state index in [2.05, 4.69) is 15.5 Å². The summed E-state index contributed by atoms with van der Waals surface area (Å²) in [7, 11) is 1.85. The average molecular weight is 329 g/mol. The lowest BCUT2D eigenvalue weighted by atomic mass is 10.2. The van der Waals surface area contributed by atoms with Gasteiger partial charge in [-0.25, -0.2) is 0 Å². The number of nitrogens with one attached hydrogen (secondary N) is 1. The second kappa shape index (κ2) is 6.37. The van der Waals surface area contributed by atoms with Crippen molar-refractivity contribution in [1.82, 2.24) is 24.9 Å². The Bertz CT molecular complexity index is 816. The number of rotatable bonds is 5. The molecule has 3 heterocycles. The standard InChI is InChI=1S/C16H19N5OS/c1-4-21-11(2)12(10-18-21)9-17-16(22)13-8-14(20(3)19-13)15-6-5-7-23-15/h5-8,10H,4,9H2,1-3H3,(H,17,22). The minimum absolute atomic E-state index is 0.174. The Morgan fingerprint density at radius 2 is 2.26 bits per heavy atom. The van der Waals surface area contributed by atoms with Crippen molar-refractivity contribution in [1.29, 1.82) is 0 Å². The van der Waals surface area contributed by atoms with Gasteiger partial charge in [0.1, 0.15) is 0 Å². The monoisotopic (exact) mass is 329 g/mol. The molecule has 3 aromatic rings. The van der Waals surface area contributed by atoms with Crippen LogP contribution in [0.4, 0.5) is 0 Å². The van der Waals surface area contributed by atoms with E-state index in [1.54, 1.807) is 22.2 Å². The number of carbonyl (C=O) groups is 1. The van der Waals surface area contributed by atoms with Crippen LogP contribution in [0.2, 0.25) is 0 Å². The Morgan fingerprint density at radius 1 is 1.43 bits per heavy atom. The topological polar surface area (TPSA) is 64.7 Å². The van der Waals surface area contributed by atoms with Crippen molar-refractivity contribution in [3.63, 3.8) is 0 Å².